The number of fused-ring (bicyclic) bond motifs is 1. The number of benzene rings is 1. The predicted molar refractivity (Wildman–Crippen MR) is 113 cm³/mol. The van der Waals surface area contributed by atoms with Crippen molar-refractivity contribution in [3.05, 3.63) is 57.8 Å². The topological polar surface area (TPSA) is 53.1 Å². The van der Waals surface area contributed by atoms with Crippen molar-refractivity contribution in [1.29, 1.82) is 0 Å². The normalized spacial score (nSPS) is 22.6. The smallest absolute Gasteiger partial charge is 0.254 e. The number of amides is 2. The fraction of sp³-hybridized carbons (Fsp3) is 0.455. The number of ether oxygens (including phenoxy) is 1. The van der Waals surface area contributed by atoms with Gasteiger partial charge in [-0.05, 0) is 30.1 Å². The number of methoxy groups -OCH3 is 1. The third-order valence-corrected chi connectivity index (χ3v) is 6.83. The largest absolute Gasteiger partial charge is 0.383 e. The third kappa shape index (κ3) is 3.82. The number of hydrogen-bond acceptors (Lipinski definition) is 5. The number of rotatable bonds is 5. The number of carbonyl (C=O) groups excluding carboxylic acids is 2. The summed E-state index contributed by atoms with van der Waals surface area (Å²) in [7, 11) is 3.71. The van der Waals surface area contributed by atoms with E-state index in [-0.39, 0.29) is 17.9 Å². The van der Waals surface area contributed by atoms with Gasteiger partial charge in [0, 0.05) is 50.3 Å². The van der Waals surface area contributed by atoms with Gasteiger partial charge in [0.2, 0.25) is 5.91 Å². The lowest BCUT2D eigenvalue weighted by atomic mass is 9.81. The van der Waals surface area contributed by atoms with Crippen LogP contribution in [0.2, 0.25) is 0 Å². The fourth-order valence-corrected chi connectivity index (χ4v) is 5.17. The van der Waals surface area contributed by atoms with Gasteiger partial charge < -0.3 is 19.4 Å². The number of thiophene rings is 1. The highest BCUT2D eigenvalue weighted by Gasteiger charge is 2.45. The number of carbonyl (C=O) groups is 2. The van der Waals surface area contributed by atoms with E-state index in [1.165, 1.54) is 0 Å². The van der Waals surface area contributed by atoms with Crippen LogP contribution < -0.4 is 0 Å². The molecular formula is C22H27N3O3S. The summed E-state index contributed by atoms with van der Waals surface area (Å²) in [6.07, 6.45) is 0. The van der Waals surface area contributed by atoms with Gasteiger partial charge in [0.25, 0.3) is 5.91 Å². The molecule has 0 aliphatic carbocycles. The molecule has 2 aliphatic rings. The van der Waals surface area contributed by atoms with E-state index in [4.69, 9.17) is 4.74 Å². The molecule has 1 saturated heterocycles. The molecule has 0 spiro atoms. The van der Waals surface area contributed by atoms with E-state index in [9.17, 15) is 9.59 Å². The van der Waals surface area contributed by atoms with Gasteiger partial charge in [-0.15, -0.1) is 11.3 Å². The molecular weight excluding hydrogens is 386 g/mol. The molecule has 0 radical (unpaired) electrons. The second-order valence-corrected chi connectivity index (χ2v) is 8.62. The van der Waals surface area contributed by atoms with Crippen molar-refractivity contribution in [2.24, 2.45) is 0 Å². The first kappa shape index (κ1) is 20.1. The van der Waals surface area contributed by atoms with Crippen molar-refractivity contribution in [2.75, 3.05) is 53.5 Å². The Morgan fingerprint density at radius 2 is 1.90 bits per heavy atom. The van der Waals surface area contributed by atoms with Gasteiger partial charge in [0.1, 0.15) is 0 Å². The monoisotopic (exact) mass is 413 g/mol. The van der Waals surface area contributed by atoms with E-state index in [0.29, 0.717) is 18.7 Å². The lowest BCUT2D eigenvalue weighted by Gasteiger charge is -2.43. The number of hydrogen-bond donors (Lipinski definition) is 0. The van der Waals surface area contributed by atoms with Crippen molar-refractivity contribution in [3.8, 4) is 0 Å². The van der Waals surface area contributed by atoms with Gasteiger partial charge in [-0.25, -0.2) is 0 Å². The molecule has 2 atom stereocenters. The van der Waals surface area contributed by atoms with E-state index < -0.39 is 5.92 Å². The summed E-state index contributed by atoms with van der Waals surface area (Å²) in [5, 5.41) is 2.01. The first-order valence-electron chi connectivity index (χ1n) is 10.0. The third-order valence-electron chi connectivity index (χ3n) is 5.89. The molecule has 2 amide bonds. The molecule has 1 aromatic carbocycles. The average molecular weight is 414 g/mol. The Morgan fingerprint density at radius 1 is 1.14 bits per heavy atom. The van der Waals surface area contributed by atoms with Crippen molar-refractivity contribution >= 4 is 23.2 Å². The molecule has 1 aromatic heterocycles. The minimum Gasteiger partial charge on any atom is -0.383 e. The molecule has 7 heteroatoms. The summed E-state index contributed by atoms with van der Waals surface area (Å²) in [5.74, 6) is -0.319. The van der Waals surface area contributed by atoms with Crippen LogP contribution in [0.1, 0.15) is 32.8 Å². The SMILES string of the molecule is COCCN1C(=O)c2ccccc2C(C(=O)N2CCN(C)CC2)C1c1cccs1. The Balaban J connectivity index is 1.78. The molecule has 6 nitrogen and oxygen atoms in total. The predicted octanol–water partition coefficient (Wildman–Crippen LogP) is 2.45. The summed E-state index contributed by atoms with van der Waals surface area (Å²) in [4.78, 5) is 34.2. The molecule has 0 bridgehead atoms. The second-order valence-electron chi connectivity index (χ2n) is 7.65. The average Bonchev–Trinajstić information content (AvgIpc) is 3.27. The van der Waals surface area contributed by atoms with Gasteiger partial charge in [0.15, 0.2) is 0 Å². The lowest BCUT2D eigenvalue weighted by molar-refractivity contribution is -0.136. The Bertz CT molecular complexity index is 862. The van der Waals surface area contributed by atoms with Crippen LogP contribution in [0.5, 0.6) is 0 Å². The van der Waals surface area contributed by atoms with Crippen molar-refractivity contribution < 1.29 is 14.3 Å². The first-order valence-corrected chi connectivity index (χ1v) is 10.9. The van der Waals surface area contributed by atoms with Crippen LogP contribution in [-0.2, 0) is 9.53 Å². The summed E-state index contributed by atoms with van der Waals surface area (Å²) >= 11 is 1.60. The zero-order valence-electron chi connectivity index (χ0n) is 16.9. The lowest BCUT2D eigenvalue weighted by Crippen LogP contribution is -2.53. The maximum atomic E-state index is 13.8. The van der Waals surface area contributed by atoms with Gasteiger partial charge in [0.05, 0.1) is 18.6 Å². The summed E-state index contributed by atoms with van der Waals surface area (Å²) in [6.45, 7) is 4.07. The van der Waals surface area contributed by atoms with Crippen molar-refractivity contribution in [1.82, 2.24) is 14.7 Å². The molecule has 4 rings (SSSR count). The summed E-state index contributed by atoms with van der Waals surface area (Å²) in [5.41, 5.74) is 1.47. The van der Waals surface area contributed by atoms with Crippen molar-refractivity contribution in [2.45, 2.75) is 12.0 Å². The molecule has 0 saturated carbocycles. The molecule has 1 fully saturated rings. The van der Waals surface area contributed by atoms with Gasteiger partial charge in [-0.2, -0.15) is 0 Å². The van der Waals surface area contributed by atoms with Crippen LogP contribution >= 0.6 is 11.3 Å². The Kier molecular flexibility index (Phi) is 5.99. The second kappa shape index (κ2) is 8.65. The molecule has 0 N–H and O–H groups in total. The molecule has 154 valence electrons. The van der Waals surface area contributed by atoms with Crippen LogP contribution in [0, 0.1) is 0 Å². The molecule has 3 heterocycles. The highest BCUT2D eigenvalue weighted by molar-refractivity contribution is 7.10. The minimum atomic E-state index is -0.400. The Morgan fingerprint density at radius 3 is 2.59 bits per heavy atom. The fourth-order valence-electron chi connectivity index (χ4n) is 4.29. The quantitative estimate of drug-likeness (QED) is 0.756. The molecule has 29 heavy (non-hydrogen) atoms. The minimum absolute atomic E-state index is 0.0292. The highest BCUT2D eigenvalue weighted by Crippen LogP contribution is 2.45. The summed E-state index contributed by atoms with van der Waals surface area (Å²) in [6, 6.07) is 11.3. The Labute approximate surface area is 175 Å². The standard InChI is InChI=1S/C22H27N3O3S/c1-23-9-11-24(12-10-23)22(27)19-16-6-3-4-7-17(16)21(26)25(13-14-28-2)20(19)18-8-5-15-29-18/h3-8,15,19-20H,9-14H2,1-2H3. The van der Waals surface area contributed by atoms with E-state index in [1.807, 2.05) is 51.6 Å². The summed E-state index contributed by atoms with van der Waals surface area (Å²) < 4.78 is 5.28. The molecule has 2 unspecified atom stereocenters. The molecule has 2 aromatic rings. The number of piperazine rings is 1. The van der Waals surface area contributed by atoms with E-state index in [1.54, 1.807) is 18.4 Å². The molecule has 2 aliphatic heterocycles. The Hall–Kier alpha value is -2.22. The van der Waals surface area contributed by atoms with E-state index in [2.05, 4.69) is 11.9 Å². The van der Waals surface area contributed by atoms with Crippen LogP contribution in [0.3, 0.4) is 0 Å². The number of nitrogens with zero attached hydrogens (tertiary/aromatic N) is 3. The zero-order valence-corrected chi connectivity index (χ0v) is 17.7. The van der Waals surface area contributed by atoms with Gasteiger partial charge in [-0.1, -0.05) is 24.3 Å². The van der Waals surface area contributed by atoms with Crippen LogP contribution in [0.15, 0.2) is 41.8 Å². The van der Waals surface area contributed by atoms with Gasteiger partial charge in [-0.3, -0.25) is 9.59 Å². The zero-order chi connectivity index (χ0) is 20.4. The van der Waals surface area contributed by atoms with Crippen molar-refractivity contribution in [3.63, 3.8) is 0 Å². The highest BCUT2D eigenvalue weighted by atomic mass is 32.1. The number of likely N-dealkylation sites (N-methyl/N-ethyl adjacent to an activating group) is 1. The van der Waals surface area contributed by atoms with E-state index in [0.717, 1.165) is 36.6 Å². The van der Waals surface area contributed by atoms with Gasteiger partial charge >= 0.3 is 0 Å². The van der Waals surface area contributed by atoms with Crippen LogP contribution in [0.25, 0.3) is 0 Å². The maximum absolute atomic E-state index is 13.8. The van der Waals surface area contributed by atoms with Crippen LogP contribution in [-0.4, -0.2) is 80.0 Å². The first-order chi connectivity index (χ1) is 14.1. The van der Waals surface area contributed by atoms with E-state index >= 15 is 0 Å². The van der Waals surface area contributed by atoms with Crippen LogP contribution in [0.4, 0.5) is 0 Å². The maximum Gasteiger partial charge on any atom is 0.254 e.